The monoisotopic (exact) mass is 299 g/mol. The van der Waals surface area contributed by atoms with Crippen molar-refractivity contribution in [2.75, 3.05) is 0 Å². The van der Waals surface area contributed by atoms with Crippen LogP contribution in [0.15, 0.2) is 11.0 Å². The van der Waals surface area contributed by atoms with Crippen molar-refractivity contribution in [3.8, 4) is 5.75 Å². The van der Waals surface area contributed by atoms with Gasteiger partial charge in [0, 0.05) is 11.5 Å². The fourth-order valence-corrected chi connectivity index (χ4v) is 1.48. The maximum Gasteiger partial charge on any atom is 0.573 e. The van der Waals surface area contributed by atoms with Crippen molar-refractivity contribution in [2.45, 2.75) is 11.7 Å². The van der Waals surface area contributed by atoms with Gasteiger partial charge < -0.3 is 9.72 Å². The Balaban J connectivity index is 3.35. The molecule has 0 aliphatic heterocycles. The highest BCUT2D eigenvalue weighted by atomic mass is 79.9. The van der Waals surface area contributed by atoms with E-state index in [4.69, 9.17) is 0 Å². The third kappa shape index (κ3) is 2.84. The maximum absolute atomic E-state index is 12.0. The van der Waals surface area contributed by atoms with Gasteiger partial charge >= 0.3 is 6.36 Å². The zero-order chi connectivity index (χ0) is 12.3. The van der Waals surface area contributed by atoms with E-state index in [1.54, 1.807) is 0 Å². The molecule has 8 heteroatoms. The summed E-state index contributed by atoms with van der Waals surface area (Å²) in [5.74, 6) is -1.04. The van der Waals surface area contributed by atoms with Gasteiger partial charge in [0.2, 0.25) is 5.75 Å². The molecule has 0 fully saturated rings. The summed E-state index contributed by atoms with van der Waals surface area (Å²) in [4.78, 5) is 23.8. The lowest BCUT2D eigenvalue weighted by molar-refractivity contribution is -0.275. The molecule has 1 aromatic rings. The van der Waals surface area contributed by atoms with Gasteiger partial charge in [-0.3, -0.25) is 9.59 Å². The molecule has 16 heavy (non-hydrogen) atoms. The van der Waals surface area contributed by atoms with E-state index in [2.05, 4.69) is 20.7 Å². The third-order valence-corrected chi connectivity index (χ3v) is 2.26. The number of carbonyl (C=O) groups is 1. The molecule has 0 aliphatic rings. The van der Waals surface area contributed by atoms with Crippen molar-refractivity contribution in [1.29, 1.82) is 0 Å². The van der Waals surface area contributed by atoms with E-state index in [0.717, 1.165) is 6.20 Å². The molecule has 0 radical (unpaired) electrons. The molecule has 0 atom stereocenters. The van der Waals surface area contributed by atoms with Gasteiger partial charge in [-0.05, 0) is 5.56 Å². The van der Waals surface area contributed by atoms with Crippen LogP contribution in [-0.2, 0) is 5.33 Å². The Kier molecular flexibility index (Phi) is 3.74. The van der Waals surface area contributed by atoms with Crippen molar-refractivity contribution in [1.82, 2.24) is 4.98 Å². The lowest BCUT2D eigenvalue weighted by atomic mass is 10.1. The second-order valence-electron chi connectivity index (χ2n) is 2.69. The normalized spacial score (nSPS) is 11.2. The van der Waals surface area contributed by atoms with Crippen molar-refractivity contribution in [3.05, 3.63) is 27.7 Å². The van der Waals surface area contributed by atoms with Crippen LogP contribution in [0.25, 0.3) is 0 Å². The number of aromatic nitrogens is 1. The molecule has 1 rings (SSSR count). The third-order valence-electron chi connectivity index (χ3n) is 1.65. The van der Waals surface area contributed by atoms with Crippen LogP contribution in [0.2, 0.25) is 0 Å². The summed E-state index contributed by atoms with van der Waals surface area (Å²) in [5.41, 5.74) is -1.32. The van der Waals surface area contributed by atoms with Gasteiger partial charge in [0.25, 0.3) is 5.56 Å². The number of carbonyl (C=O) groups excluding carboxylic acids is 1. The van der Waals surface area contributed by atoms with Gasteiger partial charge in [-0.25, -0.2) is 0 Å². The summed E-state index contributed by atoms with van der Waals surface area (Å²) >= 11 is 2.97. The first-order valence-corrected chi connectivity index (χ1v) is 5.02. The van der Waals surface area contributed by atoms with E-state index >= 15 is 0 Å². The van der Waals surface area contributed by atoms with Crippen LogP contribution in [0.5, 0.6) is 5.75 Å². The molecule has 0 unspecified atom stereocenters. The molecule has 4 nitrogen and oxygen atoms in total. The molecule has 0 aliphatic carbocycles. The minimum atomic E-state index is -5.02. The second kappa shape index (κ2) is 4.69. The average Bonchev–Trinajstić information content (AvgIpc) is 2.19. The van der Waals surface area contributed by atoms with Gasteiger partial charge in [0.15, 0.2) is 6.29 Å². The smallest absolute Gasteiger partial charge is 0.399 e. The van der Waals surface area contributed by atoms with Crippen LogP contribution in [0, 0.1) is 0 Å². The predicted octanol–water partition coefficient (Wildman–Crippen LogP) is 1.98. The summed E-state index contributed by atoms with van der Waals surface area (Å²) in [6.45, 7) is 0. The molecule has 0 saturated carbocycles. The average molecular weight is 300 g/mol. The Hall–Kier alpha value is -1.31. The molecular weight excluding hydrogens is 295 g/mol. The Labute approximate surface area is 95.5 Å². The number of ether oxygens (including phenoxy) is 1. The number of halogens is 4. The Morgan fingerprint density at radius 2 is 2.12 bits per heavy atom. The molecule has 0 spiro atoms. The van der Waals surface area contributed by atoms with Gasteiger partial charge in [-0.2, -0.15) is 0 Å². The first-order valence-electron chi connectivity index (χ1n) is 3.90. The van der Waals surface area contributed by atoms with Crippen LogP contribution in [0.1, 0.15) is 15.9 Å². The van der Waals surface area contributed by atoms with Crippen molar-refractivity contribution in [3.63, 3.8) is 0 Å². The summed E-state index contributed by atoms with van der Waals surface area (Å²) < 4.78 is 39.4. The summed E-state index contributed by atoms with van der Waals surface area (Å²) in [5, 5.41) is 0.117. The van der Waals surface area contributed by atoms with E-state index in [1.807, 2.05) is 4.98 Å². The second-order valence-corrected chi connectivity index (χ2v) is 3.25. The predicted molar refractivity (Wildman–Crippen MR) is 51.8 cm³/mol. The van der Waals surface area contributed by atoms with Crippen LogP contribution in [0.4, 0.5) is 13.2 Å². The van der Waals surface area contributed by atoms with Gasteiger partial charge in [-0.1, -0.05) is 15.9 Å². The molecular formula is C8H5BrF3NO3. The molecule has 0 saturated heterocycles. The number of hydrogen-bond acceptors (Lipinski definition) is 3. The zero-order valence-corrected chi connectivity index (χ0v) is 9.18. The first-order chi connectivity index (χ1) is 7.39. The van der Waals surface area contributed by atoms with E-state index in [9.17, 15) is 22.8 Å². The highest BCUT2D eigenvalue weighted by molar-refractivity contribution is 9.08. The number of aldehydes is 1. The number of alkyl halides is 4. The Morgan fingerprint density at radius 3 is 2.56 bits per heavy atom. The number of rotatable bonds is 3. The first kappa shape index (κ1) is 12.8. The topological polar surface area (TPSA) is 59.2 Å². The fourth-order valence-electron chi connectivity index (χ4n) is 1.02. The summed E-state index contributed by atoms with van der Waals surface area (Å²) in [7, 11) is 0. The molecule has 1 heterocycles. The quantitative estimate of drug-likeness (QED) is 0.686. The largest absolute Gasteiger partial charge is 0.573 e. The molecule has 0 bridgehead atoms. The number of hydrogen-bond donors (Lipinski definition) is 1. The van der Waals surface area contributed by atoms with E-state index < -0.39 is 23.2 Å². The van der Waals surface area contributed by atoms with E-state index in [1.165, 1.54) is 0 Å². The molecule has 88 valence electrons. The van der Waals surface area contributed by atoms with Crippen molar-refractivity contribution >= 4 is 22.2 Å². The number of pyridine rings is 1. The van der Waals surface area contributed by atoms with Gasteiger partial charge in [0.05, 0.1) is 5.56 Å². The van der Waals surface area contributed by atoms with Gasteiger partial charge in [-0.15, -0.1) is 13.2 Å². The lowest BCUT2D eigenvalue weighted by Crippen LogP contribution is -2.24. The SMILES string of the molecule is O=Cc1c(CBr)c[nH]c(=O)c1OC(F)(F)F. The highest BCUT2D eigenvalue weighted by Crippen LogP contribution is 2.24. The number of aromatic amines is 1. The minimum absolute atomic E-state index is 0.117. The summed E-state index contributed by atoms with van der Waals surface area (Å²) in [6, 6.07) is 0. The highest BCUT2D eigenvalue weighted by Gasteiger charge is 2.34. The van der Waals surface area contributed by atoms with Crippen LogP contribution in [-0.4, -0.2) is 17.6 Å². The molecule has 0 aromatic carbocycles. The van der Waals surface area contributed by atoms with E-state index in [-0.39, 0.29) is 17.2 Å². The van der Waals surface area contributed by atoms with Crippen molar-refractivity contribution < 1.29 is 22.7 Å². The zero-order valence-electron chi connectivity index (χ0n) is 7.60. The molecule has 1 N–H and O–H groups in total. The van der Waals surface area contributed by atoms with Crippen molar-refractivity contribution in [2.24, 2.45) is 0 Å². The Morgan fingerprint density at radius 1 is 1.50 bits per heavy atom. The Bertz CT molecular complexity index is 455. The molecule has 1 aromatic heterocycles. The number of H-pyrrole nitrogens is 1. The molecule has 0 amide bonds. The lowest BCUT2D eigenvalue weighted by Gasteiger charge is -2.11. The number of nitrogens with one attached hydrogen (secondary N) is 1. The van der Waals surface area contributed by atoms with Crippen LogP contribution in [0.3, 0.4) is 0 Å². The van der Waals surface area contributed by atoms with Crippen LogP contribution >= 0.6 is 15.9 Å². The maximum atomic E-state index is 12.0. The standard InChI is InChI=1S/C8H5BrF3NO3/c9-1-4-2-13-7(15)6(5(4)3-14)16-8(10,11)12/h2-3H,1H2,(H,13,15). The fraction of sp³-hybridized carbons (Fsp3) is 0.250. The summed E-state index contributed by atoms with van der Waals surface area (Å²) in [6.07, 6.45) is -3.73. The van der Waals surface area contributed by atoms with E-state index in [0.29, 0.717) is 0 Å². The minimum Gasteiger partial charge on any atom is -0.399 e. The van der Waals surface area contributed by atoms with Crippen LogP contribution < -0.4 is 10.3 Å². The van der Waals surface area contributed by atoms with Gasteiger partial charge in [0.1, 0.15) is 0 Å².